The van der Waals surface area contributed by atoms with Crippen molar-refractivity contribution in [1.29, 1.82) is 0 Å². The van der Waals surface area contributed by atoms with Crippen molar-refractivity contribution in [3.63, 3.8) is 0 Å². The molecule has 0 aliphatic carbocycles. The Labute approximate surface area is 135 Å². The topological polar surface area (TPSA) is 0 Å². The molecule has 1 rings (SSSR count). The molecule has 1 aromatic carbocycles. The van der Waals surface area contributed by atoms with Crippen molar-refractivity contribution >= 4 is 114 Å². The van der Waals surface area contributed by atoms with Gasteiger partial charge in [0.05, 0.1) is 10.0 Å². The summed E-state index contributed by atoms with van der Waals surface area (Å²) in [5, 5.41) is 1.60. The van der Waals surface area contributed by atoms with Crippen LogP contribution in [0.5, 0.6) is 0 Å². The molecule has 0 aromatic heterocycles. The molecular formula is C6Cl2I4. The van der Waals surface area contributed by atoms with Gasteiger partial charge >= 0.3 is 0 Å². The lowest BCUT2D eigenvalue weighted by molar-refractivity contribution is 1.49. The maximum absolute atomic E-state index is 6.08. The Morgan fingerprint density at radius 2 is 0.750 bits per heavy atom. The second kappa shape index (κ2) is 5.17. The fourth-order valence-corrected chi connectivity index (χ4v) is 4.78. The van der Waals surface area contributed by atoms with Crippen molar-refractivity contribution in [3.8, 4) is 0 Å². The molecule has 0 spiro atoms. The van der Waals surface area contributed by atoms with E-state index < -0.39 is 0 Å². The van der Waals surface area contributed by atoms with Crippen LogP contribution in [-0.2, 0) is 0 Å². The van der Waals surface area contributed by atoms with E-state index in [4.69, 9.17) is 23.2 Å². The highest BCUT2D eigenvalue weighted by atomic mass is 127. The number of hydrogen-bond acceptors (Lipinski definition) is 0. The first-order chi connectivity index (χ1) is 5.46. The van der Waals surface area contributed by atoms with Gasteiger partial charge in [-0.1, -0.05) is 23.2 Å². The van der Waals surface area contributed by atoms with Crippen LogP contribution in [0.25, 0.3) is 0 Å². The molecule has 0 amide bonds. The smallest absolute Gasteiger partial charge is 0.0695 e. The summed E-state index contributed by atoms with van der Waals surface area (Å²) in [7, 11) is 0. The summed E-state index contributed by atoms with van der Waals surface area (Å²) in [5.41, 5.74) is 0. The summed E-state index contributed by atoms with van der Waals surface area (Å²) in [6.45, 7) is 0. The average molecular weight is 651 g/mol. The van der Waals surface area contributed by atoms with Crippen molar-refractivity contribution in [2.24, 2.45) is 0 Å². The van der Waals surface area contributed by atoms with E-state index >= 15 is 0 Å². The zero-order chi connectivity index (χ0) is 9.46. The third kappa shape index (κ3) is 2.45. The largest absolute Gasteiger partial charge is 0.0819 e. The minimum absolute atomic E-state index is 0.800. The molecule has 66 valence electrons. The third-order valence-corrected chi connectivity index (χ3v) is 9.57. The van der Waals surface area contributed by atoms with Gasteiger partial charge in [-0.05, 0) is 90.4 Å². The van der Waals surface area contributed by atoms with Gasteiger partial charge in [-0.25, -0.2) is 0 Å². The Morgan fingerprint density at radius 1 is 0.583 bits per heavy atom. The van der Waals surface area contributed by atoms with Gasteiger partial charge in [-0.15, -0.1) is 0 Å². The molecule has 6 heteroatoms. The minimum atomic E-state index is 0.800. The van der Waals surface area contributed by atoms with Gasteiger partial charge in [0.1, 0.15) is 0 Å². The summed E-state index contributed by atoms with van der Waals surface area (Å²) in [6, 6.07) is 0. The normalized spacial score (nSPS) is 10.5. The first kappa shape index (κ1) is 12.8. The Kier molecular flexibility index (Phi) is 5.51. The summed E-state index contributed by atoms with van der Waals surface area (Å²) >= 11 is 21.0. The van der Waals surface area contributed by atoms with E-state index in [1.165, 1.54) is 0 Å². The van der Waals surface area contributed by atoms with Gasteiger partial charge in [0, 0.05) is 14.3 Å². The highest BCUT2D eigenvalue weighted by Crippen LogP contribution is 2.37. The number of rotatable bonds is 0. The molecule has 0 N–H and O–H groups in total. The highest BCUT2D eigenvalue weighted by molar-refractivity contribution is 14.1. The van der Waals surface area contributed by atoms with E-state index in [9.17, 15) is 0 Å². The maximum atomic E-state index is 6.08. The number of hydrogen-bond donors (Lipinski definition) is 0. The van der Waals surface area contributed by atoms with Crippen LogP contribution in [0, 0.1) is 14.3 Å². The van der Waals surface area contributed by atoms with Crippen molar-refractivity contribution in [3.05, 3.63) is 24.3 Å². The van der Waals surface area contributed by atoms with E-state index in [0.717, 1.165) is 24.3 Å². The van der Waals surface area contributed by atoms with E-state index in [1.54, 1.807) is 0 Å². The zero-order valence-electron chi connectivity index (χ0n) is 5.27. The second-order valence-electron chi connectivity index (χ2n) is 1.88. The predicted molar refractivity (Wildman–Crippen MR) is 87.3 cm³/mol. The molecule has 0 saturated carbocycles. The summed E-state index contributed by atoms with van der Waals surface area (Å²) in [6.07, 6.45) is 0. The van der Waals surface area contributed by atoms with E-state index in [2.05, 4.69) is 90.4 Å². The van der Waals surface area contributed by atoms with Gasteiger partial charge in [-0.3, -0.25) is 0 Å². The van der Waals surface area contributed by atoms with Gasteiger partial charge in [0.25, 0.3) is 0 Å². The SMILES string of the molecule is Clc1c(I)c(I)c(Cl)c(I)c1I. The number of benzene rings is 1. The molecule has 1 aromatic rings. The Hall–Kier alpha value is 2.72. The summed E-state index contributed by atoms with van der Waals surface area (Å²) < 4.78 is 4.13. The van der Waals surface area contributed by atoms with Crippen molar-refractivity contribution < 1.29 is 0 Å². The number of halogens is 6. The van der Waals surface area contributed by atoms with Crippen molar-refractivity contribution in [2.75, 3.05) is 0 Å². The van der Waals surface area contributed by atoms with Crippen molar-refractivity contribution in [1.82, 2.24) is 0 Å². The lowest BCUT2D eigenvalue weighted by atomic mass is 10.4. The molecule has 0 aliphatic heterocycles. The molecular weight excluding hydrogens is 651 g/mol. The first-order valence-corrected chi connectivity index (χ1v) is 7.70. The summed E-state index contributed by atoms with van der Waals surface area (Å²) in [4.78, 5) is 0. The second-order valence-corrected chi connectivity index (χ2v) is 6.95. The standard InChI is InChI=1S/C6Cl2I4/c7-1-3(9)5(11)2(8)6(12)4(1)10. The molecule has 0 atom stereocenters. The molecule has 12 heavy (non-hydrogen) atoms. The predicted octanol–water partition coefficient (Wildman–Crippen LogP) is 5.41. The molecule has 0 saturated heterocycles. The average Bonchev–Trinajstić information content (AvgIpc) is 2.08. The maximum Gasteiger partial charge on any atom is 0.0695 e. The molecule has 0 unspecified atom stereocenters. The van der Waals surface area contributed by atoms with Crippen LogP contribution in [0.4, 0.5) is 0 Å². The lowest BCUT2D eigenvalue weighted by Gasteiger charge is -2.07. The van der Waals surface area contributed by atoms with Crippen molar-refractivity contribution in [2.45, 2.75) is 0 Å². The van der Waals surface area contributed by atoms with Crippen LogP contribution in [-0.4, -0.2) is 0 Å². The first-order valence-electron chi connectivity index (χ1n) is 2.63. The third-order valence-electron chi connectivity index (χ3n) is 1.16. The minimum Gasteiger partial charge on any atom is -0.0819 e. The van der Waals surface area contributed by atoms with Crippen LogP contribution in [0.3, 0.4) is 0 Å². The zero-order valence-corrected chi connectivity index (χ0v) is 15.4. The molecule has 0 bridgehead atoms. The molecule has 0 aliphatic rings. The molecule has 0 heterocycles. The monoisotopic (exact) mass is 650 g/mol. The fraction of sp³-hybridized carbons (Fsp3) is 0. The van der Waals surface area contributed by atoms with Crippen LogP contribution < -0.4 is 0 Å². The lowest BCUT2D eigenvalue weighted by Crippen LogP contribution is -1.92. The van der Waals surface area contributed by atoms with Crippen LogP contribution in [0.15, 0.2) is 0 Å². The van der Waals surface area contributed by atoms with Gasteiger partial charge in [0.15, 0.2) is 0 Å². The molecule has 0 nitrogen and oxygen atoms in total. The Bertz CT molecular complexity index is 232. The molecule has 0 radical (unpaired) electrons. The van der Waals surface area contributed by atoms with Gasteiger partial charge in [0.2, 0.25) is 0 Å². The van der Waals surface area contributed by atoms with E-state index in [1.807, 2.05) is 0 Å². The van der Waals surface area contributed by atoms with Crippen LogP contribution in [0.1, 0.15) is 0 Å². The Morgan fingerprint density at radius 3 is 0.917 bits per heavy atom. The van der Waals surface area contributed by atoms with Crippen LogP contribution in [0.2, 0.25) is 10.0 Å². The van der Waals surface area contributed by atoms with Gasteiger partial charge in [-0.2, -0.15) is 0 Å². The summed E-state index contributed by atoms with van der Waals surface area (Å²) in [5.74, 6) is 0. The quantitative estimate of drug-likeness (QED) is 0.200. The fourth-order valence-electron chi connectivity index (χ4n) is 0.578. The van der Waals surface area contributed by atoms with Gasteiger partial charge < -0.3 is 0 Å². The highest BCUT2D eigenvalue weighted by Gasteiger charge is 2.15. The van der Waals surface area contributed by atoms with Crippen LogP contribution >= 0.6 is 114 Å². The Balaban J connectivity index is 3.60. The van der Waals surface area contributed by atoms with E-state index in [-0.39, 0.29) is 0 Å². The van der Waals surface area contributed by atoms with E-state index in [0.29, 0.717) is 0 Å². The molecule has 0 fully saturated rings.